The highest BCUT2D eigenvalue weighted by molar-refractivity contribution is 5.90. The van der Waals surface area contributed by atoms with Crippen LogP contribution in [0.25, 0.3) is 0 Å². The highest BCUT2D eigenvalue weighted by Gasteiger charge is 2.41. The van der Waals surface area contributed by atoms with Crippen molar-refractivity contribution in [2.45, 2.75) is 107 Å². The number of amides is 2. The average Bonchev–Trinajstić information content (AvgIpc) is 2.96. The highest BCUT2D eigenvalue weighted by atomic mass is 16.3. The van der Waals surface area contributed by atoms with Gasteiger partial charge in [0.2, 0.25) is 11.8 Å². The molecule has 252 valence electrons. The Kier molecular flexibility index (Phi) is 37.0. The quantitative estimate of drug-likeness (QED) is 0.145. The maximum Gasteiger partial charge on any atom is 0.221 e. The zero-order chi connectivity index (χ0) is 34.1. The van der Waals surface area contributed by atoms with Crippen molar-refractivity contribution in [3.63, 3.8) is 0 Å². The van der Waals surface area contributed by atoms with Crippen molar-refractivity contribution in [3.8, 4) is 0 Å². The molecule has 1 aromatic carbocycles. The predicted octanol–water partition coefficient (Wildman–Crippen LogP) is 5.17. The zero-order valence-electron chi connectivity index (χ0n) is 29.4. The number of nitrogens with two attached hydrogens (primary N) is 1. The number of hydrogen-bond acceptors (Lipinski definition) is 7. The topological polar surface area (TPSA) is 137 Å². The van der Waals surface area contributed by atoms with Crippen LogP contribution in [0.3, 0.4) is 0 Å². The summed E-state index contributed by atoms with van der Waals surface area (Å²) in [4.78, 5) is 35.7. The van der Waals surface area contributed by atoms with Crippen LogP contribution in [0.5, 0.6) is 0 Å². The molecule has 0 saturated heterocycles. The molecule has 43 heavy (non-hydrogen) atoms. The molecule has 6 N–H and O–H groups in total. The van der Waals surface area contributed by atoms with E-state index in [1.54, 1.807) is 18.0 Å². The minimum Gasteiger partial charge on any atom is -0.405 e. The van der Waals surface area contributed by atoms with E-state index in [2.05, 4.69) is 55.8 Å². The number of Topliss-reactive ketones (excluding diaryl/α,β-unsaturated/α-hetero) is 1. The molecule has 1 unspecified atom stereocenters. The van der Waals surface area contributed by atoms with Crippen molar-refractivity contribution in [2.75, 3.05) is 40.3 Å². The lowest BCUT2D eigenvalue weighted by Crippen LogP contribution is -2.65. The molecule has 0 aliphatic carbocycles. The molecule has 0 fully saturated rings. The predicted molar refractivity (Wildman–Crippen MR) is 184 cm³/mol. The lowest BCUT2D eigenvalue weighted by molar-refractivity contribution is -0.147. The second-order valence-electron chi connectivity index (χ2n) is 10.4. The standard InChI is InChI=1S/C15H31N3O3.C7H8.C6H14.C3H7NO.C3H7N/c1-5-17-15(13(2)20,9-10-16-4)18(14(3)21)11-7-6-8-12-19;1-7-5-3-2-4-6-7;1-4-5-6(2)3;1-3(5)4-2;1-2-3-4/h16-17,19H,5-12H2,1-4H3;2-6H,1H3;6H,4-5H2,1-3H3;1-2H3,(H,4,5);2-3H,4H2,1H3/b;;;;3-2-. The van der Waals surface area contributed by atoms with Gasteiger partial charge in [0.1, 0.15) is 0 Å². The molecular weight excluding hydrogens is 542 g/mol. The summed E-state index contributed by atoms with van der Waals surface area (Å²) >= 11 is 0. The number of carbonyl (C=O) groups excluding carboxylic acids is 3. The summed E-state index contributed by atoms with van der Waals surface area (Å²) in [5.41, 5.74) is 5.23. The third kappa shape index (κ3) is 30.5. The number of aryl methyl sites for hydroxylation is 1. The van der Waals surface area contributed by atoms with E-state index in [-0.39, 0.29) is 24.2 Å². The molecule has 1 atom stereocenters. The molecule has 0 heterocycles. The van der Waals surface area contributed by atoms with E-state index >= 15 is 0 Å². The Hall–Kier alpha value is -2.75. The van der Waals surface area contributed by atoms with E-state index in [0.717, 1.165) is 25.2 Å². The van der Waals surface area contributed by atoms with Gasteiger partial charge in [0.05, 0.1) is 0 Å². The summed E-state index contributed by atoms with van der Waals surface area (Å²) in [6.45, 7) is 19.1. The van der Waals surface area contributed by atoms with E-state index in [4.69, 9.17) is 10.8 Å². The molecule has 0 aromatic heterocycles. The van der Waals surface area contributed by atoms with Gasteiger partial charge in [-0.05, 0) is 72.3 Å². The number of unbranched alkanes of at least 4 members (excludes halogenated alkanes) is 2. The van der Waals surface area contributed by atoms with Crippen molar-refractivity contribution in [1.82, 2.24) is 20.9 Å². The molecule has 0 aliphatic rings. The summed E-state index contributed by atoms with van der Waals surface area (Å²) < 4.78 is 0. The van der Waals surface area contributed by atoms with Crippen LogP contribution in [0, 0.1) is 12.8 Å². The Bertz CT molecular complexity index is 799. The fourth-order valence-corrected chi connectivity index (χ4v) is 3.69. The van der Waals surface area contributed by atoms with Crippen LogP contribution >= 0.6 is 0 Å². The zero-order valence-corrected chi connectivity index (χ0v) is 29.4. The van der Waals surface area contributed by atoms with Gasteiger partial charge in [0.15, 0.2) is 11.4 Å². The first-order valence-corrected chi connectivity index (χ1v) is 15.6. The van der Waals surface area contributed by atoms with E-state index in [1.165, 1.54) is 45.4 Å². The van der Waals surface area contributed by atoms with Crippen LogP contribution in [0.4, 0.5) is 0 Å². The van der Waals surface area contributed by atoms with Crippen molar-refractivity contribution >= 4 is 17.6 Å². The van der Waals surface area contributed by atoms with Crippen molar-refractivity contribution < 1.29 is 19.5 Å². The van der Waals surface area contributed by atoms with Gasteiger partial charge in [-0.1, -0.05) is 82.5 Å². The number of benzene rings is 1. The number of aliphatic hydroxyl groups excluding tert-OH is 1. The Morgan fingerprint density at radius 3 is 1.81 bits per heavy atom. The van der Waals surface area contributed by atoms with Crippen LogP contribution in [-0.2, 0) is 14.4 Å². The van der Waals surface area contributed by atoms with Crippen molar-refractivity contribution in [3.05, 3.63) is 48.2 Å². The van der Waals surface area contributed by atoms with Gasteiger partial charge in [-0.15, -0.1) is 0 Å². The van der Waals surface area contributed by atoms with Crippen LogP contribution in [0.2, 0.25) is 0 Å². The van der Waals surface area contributed by atoms with Gasteiger partial charge < -0.3 is 26.4 Å². The molecular formula is C34H67N5O4. The molecule has 0 aliphatic heterocycles. The van der Waals surface area contributed by atoms with Crippen LogP contribution in [-0.4, -0.2) is 73.6 Å². The number of nitrogens with zero attached hydrogens (tertiary/aromatic N) is 1. The van der Waals surface area contributed by atoms with E-state index in [9.17, 15) is 14.4 Å². The molecule has 0 saturated carbocycles. The number of allylic oxidation sites excluding steroid dienone is 1. The average molecular weight is 610 g/mol. The van der Waals surface area contributed by atoms with Crippen molar-refractivity contribution in [1.29, 1.82) is 0 Å². The first kappa shape index (κ1) is 47.2. The van der Waals surface area contributed by atoms with Gasteiger partial charge in [0.25, 0.3) is 0 Å². The molecule has 0 spiro atoms. The van der Waals surface area contributed by atoms with Gasteiger partial charge in [-0.25, -0.2) is 0 Å². The molecule has 0 bridgehead atoms. The molecule has 1 rings (SSSR count). The van der Waals surface area contributed by atoms with Crippen molar-refractivity contribution in [2.24, 2.45) is 11.7 Å². The molecule has 9 heteroatoms. The van der Waals surface area contributed by atoms with E-state index in [1.807, 2.05) is 39.1 Å². The largest absolute Gasteiger partial charge is 0.405 e. The third-order valence-corrected chi connectivity index (χ3v) is 6.02. The minimum atomic E-state index is -0.942. The fraction of sp³-hybridized carbons (Fsp3) is 0.676. The fourth-order valence-electron chi connectivity index (χ4n) is 3.69. The van der Waals surface area contributed by atoms with Gasteiger partial charge >= 0.3 is 0 Å². The number of hydrogen-bond donors (Lipinski definition) is 5. The Morgan fingerprint density at radius 1 is 1.02 bits per heavy atom. The summed E-state index contributed by atoms with van der Waals surface area (Å²) in [5, 5.41) is 17.5. The van der Waals surface area contributed by atoms with Gasteiger partial charge in [0, 0.05) is 40.5 Å². The lowest BCUT2D eigenvalue weighted by Gasteiger charge is -2.42. The summed E-state index contributed by atoms with van der Waals surface area (Å²) in [5.74, 6) is 0.753. The molecule has 1 aromatic rings. The van der Waals surface area contributed by atoms with Gasteiger partial charge in [-0.2, -0.15) is 0 Å². The first-order chi connectivity index (χ1) is 20.3. The summed E-state index contributed by atoms with van der Waals surface area (Å²) in [7, 11) is 3.43. The highest BCUT2D eigenvalue weighted by Crippen LogP contribution is 2.20. The Balaban J connectivity index is -0.000000277. The van der Waals surface area contributed by atoms with E-state index in [0.29, 0.717) is 26.1 Å². The van der Waals surface area contributed by atoms with E-state index < -0.39 is 5.66 Å². The minimum absolute atomic E-state index is 0.00463. The van der Waals surface area contributed by atoms with Gasteiger partial charge in [-0.3, -0.25) is 19.7 Å². The maximum atomic E-state index is 12.3. The number of ketones is 1. The second-order valence-corrected chi connectivity index (χ2v) is 10.4. The molecule has 2 amide bonds. The smallest absolute Gasteiger partial charge is 0.221 e. The SMILES string of the molecule is C/C=C\N.CCCC(C)C.CCNC(CCNC)(C(C)=O)N(CCCCCO)C(C)=O.CNC(C)=O.Cc1ccccc1. The number of aliphatic hydroxyl groups is 1. The Morgan fingerprint density at radius 2 is 1.56 bits per heavy atom. The maximum absolute atomic E-state index is 12.3. The first-order valence-electron chi connectivity index (χ1n) is 15.6. The molecule has 9 nitrogen and oxygen atoms in total. The third-order valence-electron chi connectivity index (χ3n) is 6.02. The Labute approximate surface area is 264 Å². The second kappa shape index (κ2) is 33.7. The number of rotatable bonds is 14. The number of nitrogens with one attached hydrogen (secondary N) is 3. The van der Waals surface area contributed by atoms with Crippen LogP contribution in [0.15, 0.2) is 42.6 Å². The van der Waals surface area contributed by atoms with Crippen LogP contribution in [0.1, 0.15) is 99.5 Å². The molecule has 0 radical (unpaired) electrons. The number of carbonyl (C=O) groups is 3. The number of likely N-dealkylation sites (N-methyl/N-ethyl adjacent to an activating group) is 1. The normalized spacial score (nSPS) is 11.2. The summed E-state index contributed by atoms with van der Waals surface area (Å²) in [6.07, 6.45) is 8.85. The lowest BCUT2D eigenvalue weighted by atomic mass is 9.97. The monoisotopic (exact) mass is 610 g/mol. The van der Waals surface area contributed by atoms with Crippen LogP contribution < -0.4 is 21.7 Å². The summed E-state index contributed by atoms with van der Waals surface area (Å²) in [6, 6.07) is 10.3.